The van der Waals surface area contributed by atoms with Crippen molar-refractivity contribution in [3.05, 3.63) is 52.0 Å². The first-order valence-corrected chi connectivity index (χ1v) is 8.90. The number of halogens is 2. The maximum Gasteiger partial charge on any atom is 0.261 e. The highest BCUT2D eigenvalue weighted by Gasteiger charge is 2.26. The SMILES string of the molecule is CN1C(=O)Cc2cc(S(=O)(=O)Nc3c(Cl)cccc3Cl)ccc21. The van der Waals surface area contributed by atoms with Crippen LogP contribution < -0.4 is 9.62 Å². The third-order valence-corrected chi connectivity index (χ3v) is 5.61. The summed E-state index contributed by atoms with van der Waals surface area (Å²) in [5.74, 6) is -0.0725. The fourth-order valence-electron chi connectivity index (χ4n) is 2.40. The Labute approximate surface area is 143 Å². The summed E-state index contributed by atoms with van der Waals surface area (Å²) in [6, 6.07) is 9.26. The van der Waals surface area contributed by atoms with E-state index in [0.29, 0.717) is 11.3 Å². The van der Waals surface area contributed by atoms with Crippen LogP contribution in [0.4, 0.5) is 11.4 Å². The number of para-hydroxylation sites is 1. The highest BCUT2D eigenvalue weighted by molar-refractivity contribution is 7.92. The Morgan fingerprint density at radius 2 is 1.78 bits per heavy atom. The fourth-order valence-corrected chi connectivity index (χ4v) is 4.16. The minimum absolute atomic E-state index is 0.0512. The van der Waals surface area contributed by atoms with Crippen LogP contribution in [0.15, 0.2) is 41.3 Å². The monoisotopic (exact) mass is 370 g/mol. The van der Waals surface area contributed by atoms with Crippen molar-refractivity contribution in [2.24, 2.45) is 0 Å². The van der Waals surface area contributed by atoms with Crippen LogP contribution in [-0.2, 0) is 21.2 Å². The molecule has 0 unspecified atom stereocenters. The van der Waals surface area contributed by atoms with Crippen molar-refractivity contribution in [2.45, 2.75) is 11.3 Å². The van der Waals surface area contributed by atoms with Gasteiger partial charge in [0.15, 0.2) is 0 Å². The van der Waals surface area contributed by atoms with E-state index >= 15 is 0 Å². The number of benzene rings is 2. The number of sulfonamides is 1. The van der Waals surface area contributed by atoms with Crippen molar-refractivity contribution < 1.29 is 13.2 Å². The number of carbonyl (C=O) groups is 1. The standard InChI is InChI=1S/C15H12Cl2N2O3S/c1-19-13-6-5-10(7-9(13)8-14(19)20)23(21,22)18-15-11(16)3-2-4-12(15)17/h2-7,18H,8H2,1H3. The van der Waals surface area contributed by atoms with Gasteiger partial charge in [0.1, 0.15) is 0 Å². The van der Waals surface area contributed by atoms with Crippen LogP contribution >= 0.6 is 23.2 Å². The topological polar surface area (TPSA) is 66.5 Å². The Balaban J connectivity index is 1.99. The molecule has 0 spiro atoms. The maximum absolute atomic E-state index is 12.5. The first-order valence-electron chi connectivity index (χ1n) is 6.66. The van der Waals surface area contributed by atoms with E-state index in [1.807, 2.05) is 0 Å². The van der Waals surface area contributed by atoms with Gasteiger partial charge in [-0.1, -0.05) is 29.3 Å². The Bertz CT molecular complexity index is 893. The zero-order valence-electron chi connectivity index (χ0n) is 12.0. The van der Waals surface area contributed by atoms with Gasteiger partial charge in [0.05, 0.1) is 27.0 Å². The van der Waals surface area contributed by atoms with E-state index in [9.17, 15) is 13.2 Å². The van der Waals surface area contributed by atoms with Crippen LogP contribution in [0.2, 0.25) is 10.0 Å². The molecule has 0 aromatic heterocycles. The number of rotatable bonds is 3. The Hall–Kier alpha value is -1.76. The highest BCUT2D eigenvalue weighted by atomic mass is 35.5. The summed E-state index contributed by atoms with van der Waals surface area (Å²) in [5, 5.41) is 0.411. The van der Waals surface area contributed by atoms with Gasteiger partial charge in [-0.3, -0.25) is 9.52 Å². The number of carbonyl (C=O) groups excluding carboxylic acids is 1. The molecule has 0 saturated heterocycles. The van der Waals surface area contributed by atoms with Gasteiger partial charge in [0.2, 0.25) is 5.91 Å². The van der Waals surface area contributed by atoms with Crippen molar-refractivity contribution >= 4 is 50.5 Å². The molecule has 2 aromatic carbocycles. The van der Waals surface area contributed by atoms with E-state index in [4.69, 9.17) is 23.2 Å². The van der Waals surface area contributed by atoms with Gasteiger partial charge in [-0.15, -0.1) is 0 Å². The summed E-state index contributed by atoms with van der Waals surface area (Å²) in [4.78, 5) is 13.3. The molecule has 0 bridgehead atoms. The van der Waals surface area contributed by atoms with E-state index in [2.05, 4.69) is 4.72 Å². The Morgan fingerprint density at radius 1 is 1.13 bits per heavy atom. The summed E-state index contributed by atoms with van der Waals surface area (Å²) in [7, 11) is -2.21. The van der Waals surface area contributed by atoms with E-state index in [0.717, 1.165) is 0 Å². The van der Waals surface area contributed by atoms with Crippen molar-refractivity contribution in [1.82, 2.24) is 0 Å². The van der Waals surface area contributed by atoms with Gasteiger partial charge in [-0.25, -0.2) is 8.42 Å². The van der Waals surface area contributed by atoms with Crippen molar-refractivity contribution in [1.29, 1.82) is 0 Å². The first kappa shape index (κ1) is 16.1. The zero-order valence-corrected chi connectivity index (χ0v) is 14.3. The number of anilines is 2. The van der Waals surface area contributed by atoms with Crippen molar-refractivity contribution in [3.63, 3.8) is 0 Å². The van der Waals surface area contributed by atoms with Gasteiger partial charge in [-0.05, 0) is 35.9 Å². The molecule has 0 aliphatic carbocycles. The Kier molecular flexibility index (Phi) is 4.00. The minimum atomic E-state index is -3.86. The molecule has 1 aliphatic rings. The summed E-state index contributed by atoms with van der Waals surface area (Å²) < 4.78 is 27.5. The van der Waals surface area contributed by atoms with Gasteiger partial charge in [-0.2, -0.15) is 0 Å². The number of hydrogen-bond donors (Lipinski definition) is 1. The number of fused-ring (bicyclic) bond motifs is 1. The van der Waals surface area contributed by atoms with E-state index in [1.165, 1.54) is 17.0 Å². The van der Waals surface area contributed by atoms with Gasteiger partial charge in [0.25, 0.3) is 10.0 Å². The smallest absolute Gasteiger partial charge is 0.261 e. The summed E-state index contributed by atoms with van der Waals surface area (Å²) in [6.07, 6.45) is 0.183. The van der Waals surface area contributed by atoms with Crippen LogP contribution in [0, 0.1) is 0 Å². The number of nitrogens with zero attached hydrogens (tertiary/aromatic N) is 1. The second-order valence-electron chi connectivity index (χ2n) is 5.12. The van der Waals surface area contributed by atoms with Gasteiger partial charge >= 0.3 is 0 Å². The van der Waals surface area contributed by atoms with Crippen LogP contribution in [0.5, 0.6) is 0 Å². The third-order valence-electron chi connectivity index (χ3n) is 3.64. The highest BCUT2D eigenvalue weighted by Crippen LogP contribution is 2.34. The zero-order chi connectivity index (χ0) is 16.8. The van der Waals surface area contributed by atoms with Crippen LogP contribution in [0.25, 0.3) is 0 Å². The predicted molar refractivity (Wildman–Crippen MR) is 90.8 cm³/mol. The fraction of sp³-hybridized carbons (Fsp3) is 0.133. The Morgan fingerprint density at radius 3 is 2.43 bits per heavy atom. The average Bonchev–Trinajstić information content (AvgIpc) is 2.78. The lowest BCUT2D eigenvalue weighted by atomic mass is 10.2. The molecule has 1 aliphatic heterocycles. The molecular weight excluding hydrogens is 359 g/mol. The first-order chi connectivity index (χ1) is 10.8. The van der Waals surface area contributed by atoms with Gasteiger partial charge < -0.3 is 4.90 Å². The second-order valence-corrected chi connectivity index (χ2v) is 7.62. The average molecular weight is 371 g/mol. The molecule has 0 radical (unpaired) electrons. The molecule has 5 nitrogen and oxygen atoms in total. The summed E-state index contributed by atoms with van der Waals surface area (Å²) >= 11 is 12.0. The van der Waals surface area contributed by atoms with Crippen molar-refractivity contribution in [3.8, 4) is 0 Å². The van der Waals surface area contributed by atoms with Crippen LogP contribution in [-0.4, -0.2) is 21.4 Å². The number of nitrogens with one attached hydrogen (secondary N) is 1. The molecule has 23 heavy (non-hydrogen) atoms. The van der Waals surface area contributed by atoms with Crippen molar-refractivity contribution in [2.75, 3.05) is 16.7 Å². The molecule has 0 fully saturated rings. The van der Waals surface area contributed by atoms with Gasteiger partial charge in [0, 0.05) is 12.7 Å². The molecule has 0 saturated carbocycles. The molecule has 1 heterocycles. The number of hydrogen-bond acceptors (Lipinski definition) is 3. The third kappa shape index (κ3) is 2.89. The predicted octanol–water partition coefficient (Wildman–Crippen LogP) is 3.31. The lowest BCUT2D eigenvalue weighted by Gasteiger charge is -2.13. The van der Waals surface area contributed by atoms with Crippen LogP contribution in [0.3, 0.4) is 0 Å². The normalized spacial score (nSPS) is 14.0. The molecule has 1 N–H and O–H groups in total. The number of amides is 1. The van der Waals surface area contributed by atoms with E-state index < -0.39 is 10.0 Å². The molecule has 1 amide bonds. The second kappa shape index (κ2) is 5.70. The molecule has 8 heteroatoms. The molecular formula is C15H12Cl2N2O3S. The molecule has 2 aromatic rings. The number of likely N-dealkylation sites (N-methyl/N-ethyl adjacent to an activating group) is 1. The van der Waals surface area contributed by atoms with E-state index in [-0.39, 0.29) is 33.0 Å². The minimum Gasteiger partial charge on any atom is -0.315 e. The lowest BCUT2D eigenvalue weighted by Crippen LogP contribution is -2.20. The van der Waals surface area contributed by atoms with Crippen LogP contribution in [0.1, 0.15) is 5.56 Å². The lowest BCUT2D eigenvalue weighted by molar-refractivity contribution is -0.117. The summed E-state index contributed by atoms with van der Waals surface area (Å²) in [6.45, 7) is 0. The molecule has 120 valence electrons. The molecule has 0 atom stereocenters. The summed E-state index contributed by atoms with van der Waals surface area (Å²) in [5.41, 5.74) is 1.51. The maximum atomic E-state index is 12.5. The van der Waals surface area contributed by atoms with E-state index in [1.54, 1.807) is 31.3 Å². The largest absolute Gasteiger partial charge is 0.315 e. The molecule has 3 rings (SSSR count). The quantitative estimate of drug-likeness (QED) is 0.900.